The van der Waals surface area contributed by atoms with E-state index >= 15 is 0 Å². The molecule has 0 aliphatic rings. The average molecular weight is 403 g/mol. The van der Waals surface area contributed by atoms with Crippen LogP contribution in [0.4, 0.5) is 11.4 Å². The van der Waals surface area contributed by atoms with Crippen molar-refractivity contribution in [3.8, 4) is 0 Å². The van der Waals surface area contributed by atoms with E-state index in [9.17, 15) is 0 Å². The normalized spacial score (nSPS) is 10.6. The summed E-state index contributed by atoms with van der Waals surface area (Å²) in [5.41, 5.74) is 9.36. The highest BCUT2D eigenvalue weighted by Crippen LogP contribution is 2.14. The van der Waals surface area contributed by atoms with Crippen LogP contribution in [-0.4, -0.2) is 29.3 Å². The van der Waals surface area contributed by atoms with Crippen molar-refractivity contribution in [3.05, 3.63) is 60.7 Å². The number of nitrogens with two attached hydrogens (primary N) is 1. The van der Waals surface area contributed by atoms with Gasteiger partial charge in [-0.15, -0.1) is 11.8 Å². The zero-order chi connectivity index (χ0) is 19.6. The third-order valence-electron chi connectivity index (χ3n) is 3.55. The first-order valence-corrected chi connectivity index (χ1v) is 11.1. The van der Waals surface area contributed by atoms with E-state index < -0.39 is 0 Å². The van der Waals surface area contributed by atoms with Crippen LogP contribution in [0.15, 0.2) is 65.7 Å². The van der Waals surface area contributed by atoms with E-state index in [1.54, 1.807) is 23.5 Å². The summed E-state index contributed by atoms with van der Waals surface area (Å²) >= 11 is 3.20. The van der Waals surface area contributed by atoms with Gasteiger partial charge in [-0.1, -0.05) is 61.0 Å². The van der Waals surface area contributed by atoms with Crippen LogP contribution in [0.3, 0.4) is 0 Å². The summed E-state index contributed by atoms with van der Waals surface area (Å²) in [5.74, 6) is 2.09. The maximum Gasteiger partial charge on any atom is 0.159 e. The fraction of sp³-hybridized carbons (Fsp3) is 0.333. The minimum atomic E-state index is 0.644. The standard InChI is InChI=1S/C14H21N3S2.C7H9N/c15-12-18-10-6-1-2-7-11-19-14(16)17-13-8-4-3-5-9-13;1-8-7-5-3-2-4-6-7/h3-5,8-9,12,15H,1-2,6-7,10-11H2,(H2,16,17);2-6,8H,1H3. The quantitative estimate of drug-likeness (QED) is 0.259. The van der Waals surface area contributed by atoms with E-state index in [0.717, 1.165) is 22.9 Å². The van der Waals surface area contributed by atoms with Crippen molar-refractivity contribution < 1.29 is 0 Å². The number of thioether (sulfide) groups is 2. The molecule has 0 aliphatic heterocycles. The molecule has 0 aromatic heterocycles. The number of aliphatic imine (C=N–C) groups is 1. The first-order valence-electron chi connectivity index (χ1n) is 9.11. The molecule has 0 aliphatic carbocycles. The van der Waals surface area contributed by atoms with Gasteiger partial charge < -0.3 is 16.5 Å². The highest BCUT2D eigenvalue weighted by atomic mass is 32.2. The van der Waals surface area contributed by atoms with E-state index in [0.29, 0.717) is 5.17 Å². The Hall–Kier alpha value is -1.92. The first-order chi connectivity index (χ1) is 13.3. The molecule has 0 atom stereocenters. The lowest BCUT2D eigenvalue weighted by Crippen LogP contribution is -2.06. The molecule has 6 heteroatoms. The molecular formula is C21H30N4S2. The van der Waals surface area contributed by atoms with Crippen molar-refractivity contribution in [2.45, 2.75) is 25.7 Å². The van der Waals surface area contributed by atoms with Crippen molar-refractivity contribution in [3.63, 3.8) is 0 Å². The Morgan fingerprint density at radius 1 is 0.963 bits per heavy atom. The number of hydrogen-bond acceptors (Lipinski definition) is 5. The molecule has 0 amide bonds. The first kappa shape index (κ1) is 23.1. The van der Waals surface area contributed by atoms with Crippen LogP contribution < -0.4 is 11.1 Å². The van der Waals surface area contributed by atoms with Crippen molar-refractivity contribution in [1.29, 1.82) is 5.41 Å². The highest BCUT2D eigenvalue weighted by Gasteiger charge is 1.96. The third-order valence-corrected chi connectivity index (χ3v) is 5.12. The molecule has 2 aromatic rings. The molecule has 0 saturated carbocycles. The number of para-hydroxylation sites is 2. The smallest absolute Gasteiger partial charge is 0.159 e. The van der Waals surface area contributed by atoms with Crippen molar-refractivity contribution in [2.24, 2.45) is 10.7 Å². The van der Waals surface area contributed by atoms with E-state index in [4.69, 9.17) is 11.1 Å². The monoisotopic (exact) mass is 402 g/mol. The molecule has 0 fully saturated rings. The summed E-state index contributed by atoms with van der Waals surface area (Å²) in [6, 6.07) is 19.9. The lowest BCUT2D eigenvalue weighted by atomic mass is 10.2. The molecule has 4 N–H and O–H groups in total. The Kier molecular flexibility index (Phi) is 13.9. The number of unbranched alkanes of at least 4 members (excludes halogenated alkanes) is 3. The van der Waals surface area contributed by atoms with Gasteiger partial charge in [0.1, 0.15) is 0 Å². The maximum atomic E-state index is 6.90. The fourth-order valence-corrected chi connectivity index (χ4v) is 3.36. The molecule has 0 unspecified atom stereocenters. The molecule has 146 valence electrons. The Morgan fingerprint density at radius 2 is 1.56 bits per heavy atom. The molecule has 0 radical (unpaired) electrons. The van der Waals surface area contributed by atoms with Crippen LogP contribution >= 0.6 is 23.5 Å². The Labute approximate surface area is 171 Å². The number of amidine groups is 1. The van der Waals surface area contributed by atoms with Gasteiger partial charge in [0.2, 0.25) is 0 Å². The van der Waals surface area contributed by atoms with Gasteiger partial charge in [-0.25, -0.2) is 4.99 Å². The van der Waals surface area contributed by atoms with Crippen LogP contribution in [0.1, 0.15) is 25.7 Å². The van der Waals surface area contributed by atoms with Gasteiger partial charge in [-0.05, 0) is 42.9 Å². The Balaban J connectivity index is 0.000000377. The van der Waals surface area contributed by atoms with Crippen molar-refractivity contribution in [1.82, 2.24) is 0 Å². The van der Waals surface area contributed by atoms with E-state index in [-0.39, 0.29) is 0 Å². The third kappa shape index (κ3) is 13.0. The molecule has 2 aromatic carbocycles. The molecule has 4 nitrogen and oxygen atoms in total. The van der Waals surface area contributed by atoms with Gasteiger partial charge in [0, 0.05) is 18.5 Å². The second-order valence-electron chi connectivity index (χ2n) is 5.65. The zero-order valence-electron chi connectivity index (χ0n) is 15.9. The SMILES string of the molecule is CNc1ccccc1.N=CSCCCCCCSC(N)=Nc1ccccc1. The van der Waals surface area contributed by atoms with Crippen LogP contribution in [-0.2, 0) is 0 Å². The molecule has 27 heavy (non-hydrogen) atoms. The minimum absolute atomic E-state index is 0.644. The van der Waals surface area contributed by atoms with Gasteiger partial charge in [0.15, 0.2) is 5.17 Å². The van der Waals surface area contributed by atoms with E-state index in [2.05, 4.69) is 10.3 Å². The second kappa shape index (κ2) is 16.3. The largest absolute Gasteiger partial charge is 0.388 e. The number of nitrogens with one attached hydrogen (secondary N) is 2. The van der Waals surface area contributed by atoms with Crippen LogP contribution in [0, 0.1) is 5.41 Å². The molecule has 0 heterocycles. The lowest BCUT2D eigenvalue weighted by molar-refractivity contribution is 0.712. The number of hydrogen-bond donors (Lipinski definition) is 3. The molecule has 0 bridgehead atoms. The number of anilines is 1. The molecule has 2 rings (SSSR count). The summed E-state index contributed by atoms with van der Waals surface area (Å²) in [6.07, 6.45) is 4.82. The summed E-state index contributed by atoms with van der Waals surface area (Å²) in [4.78, 5) is 4.35. The summed E-state index contributed by atoms with van der Waals surface area (Å²) in [5, 5.41) is 10.6. The predicted molar refractivity (Wildman–Crippen MR) is 126 cm³/mol. The average Bonchev–Trinajstić information content (AvgIpc) is 2.72. The highest BCUT2D eigenvalue weighted by molar-refractivity contribution is 8.13. The molecular weight excluding hydrogens is 372 g/mol. The van der Waals surface area contributed by atoms with E-state index in [1.165, 1.54) is 31.2 Å². The summed E-state index contributed by atoms with van der Waals surface area (Å²) in [6.45, 7) is 0. The Bertz CT molecular complexity index is 633. The molecule has 0 saturated heterocycles. The lowest BCUT2D eigenvalue weighted by Gasteiger charge is -2.01. The van der Waals surface area contributed by atoms with Gasteiger partial charge in [-0.3, -0.25) is 0 Å². The van der Waals surface area contributed by atoms with Gasteiger partial charge >= 0.3 is 0 Å². The Morgan fingerprint density at radius 3 is 2.11 bits per heavy atom. The number of rotatable bonds is 10. The zero-order valence-corrected chi connectivity index (χ0v) is 17.6. The van der Waals surface area contributed by atoms with E-state index in [1.807, 2.05) is 67.7 Å². The number of benzene rings is 2. The molecule has 0 spiro atoms. The second-order valence-corrected chi connectivity index (χ2v) is 7.75. The van der Waals surface area contributed by atoms with Crippen LogP contribution in [0.5, 0.6) is 0 Å². The van der Waals surface area contributed by atoms with Gasteiger partial charge in [-0.2, -0.15) is 0 Å². The number of nitrogens with zero attached hydrogens (tertiary/aromatic N) is 1. The van der Waals surface area contributed by atoms with Crippen LogP contribution in [0.2, 0.25) is 0 Å². The van der Waals surface area contributed by atoms with Crippen molar-refractivity contribution in [2.75, 3.05) is 23.9 Å². The maximum absolute atomic E-state index is 6.90. The summed E-state index contributed by atoms with van der Waals surface area (Å²) < 4.78 is 0. The topological polar surface area (TPSA) is 74.3 Å². The van der Waals surface area contributed by atoms with Crippen molar-refractivity contribution >= 4 is 45.6 Å². The fourth-order valence-electron chi connectivity index (χ4n) is 2.14. The predicted octanol–water partition coefficient (Wildman–Crippen LogP) is 5.99. The summed E-state index contributed by atoms with van der Waals surface area (Å²) in [7, 11) is 1.91. The van der Waals surface area contributed by atoms with Crippen LogP contribution in [0.25, 0.3) is 0 Å². The minimum Gasteiger partial charge on any atom is -0.388 e. The van der Waals surface area contributed by atoms with Gasteiger partial charge in [0.05, 0.1) is 11.2 Å². The van der Waals surface area contributed by atoms with Gasteiger partial charge in [0.25, 0.3) is 0 Å².